The fraction of sp³-hybridized carbons (Fsp3) is 0.960. The summed E-state index contributed by atoms with van der Waals surface area (Å²) in [6.45, 7) is 9.25. The molecule has 0 amide bonds. The third kappa shape index (κ3) is 3.37. The lowest BCUT2D eigenvalue weighted by Crippen LogP contribution is -2.62. The van der Waals surface area contributed by atoms with E-state index in [0.717, 1.165) is 32.1 Å². The van der Waals surface area contributed by atoms with Crippen molar-refractivity contribution in [1.29, 1.82) is 0 Å². The van der Waals surface area contributed by atoms with Crippen molar-refractivity contribution in [3.8, 4) is 0 Å². The predicted molar refractivity (Wildman–Crippen MR) is 113 cm³/mol. The van der Waals surface area contributed by atoms with E-state index in [-0.39, 0.29) is 23.4 Å². The molecule has 4 fully saturated rings. The van der Waals surface area contributed by atoms with E-state index in [1.165, 1.54) is 25.7 Å². The van der Waals surface area contributed by atoms with Gasteiger partial charge >= 0.3 is 5.97 Å². The number of rotatable bonds is 4. The van der Waals surface area contributed by atoms with Gasteiger partial charge in [0.1, 0.15) is 0 Å². The summed E-state index contributed by atoms with van der Waals surface area (Å²) in [5.41, 5.74) is -0.182. The first kappa shape index (κ1) is 21.6. The fourth-order valence-corrected chi connectivity index (χ4v) is 9.11. The van der Waals surface area contributed by atoms with Crippen LogP contribution < -0.4 is 0 Å². The average Bonchev–Trinajstić information content (AvgIpc) is 2.98. The van der Waals surface area contributed by atoms with Crippen LogP contribution in [0.4, 0.5) is 0 Å². The maximum absolute atomic E-state index is 11.7. The largest absolute Gasteiger partial charge is 0.481 e. The Kier molecular flexibility index (Phi) is 5.38. The van der Waals surface area contributed by atoms with Crippen LogP contribution in [0.2, 0.25) is 0 Å². The average molecular weight is 407 g/mol. The Hall–Kier alpha value is -0.610. The molecule has 3 unspecified atom stereocenters. The Labute approximate surface area is 176 Å². The molecule has 166 valence electrons. The Morgan fingerprint density at radius 3 is 2.38 bits per heavy atom. The molecule has 0 heterocycles. The van der Waals surface area contributed by atoms with E-state index in [1.807, 2.05) is 0 Å². The van der Waals surface area contributed by atoms with Crippen molar-refractivity contribution >= 4 is 5.97 Å². The molecule has 0 spiro atoms. The second-order valence-electron chi connectivity index (χ2n) is 12.1. The molecule has 4 heteroatoms. The number of fused-ring (bicyclic) bond motifs is 5. The highest BCUT2D eigenvalue weighted by atomic mass is 16.4. The van der Waals surface area contributed by atoms with Gasteiger partial charge < -0.3 is 15.3 Å². The number of carboxylic acids is 1. The van der Waals surface area contributed by atoms with E-state index in [1.54, 1.807) is 0 Å². The number of hydrogen-bond donors (Lipinski definition) is 3. The van der Waals surface area contributed by atoms with Crippen LogP contribution in [0.1, 0.15) is 91.9 Å². The molecule has 29 heavy (non-hydrogen) atoms. The molecule has 0 aliphatic heterocycles. The second-order valence-corrected chi connectivity index (χ2v) is 12.1. The number of aliphatic carboxylic acids is 1. The Morgan fingerprint density at radius 2 is 1.69 bits per heavy atom. The van der Waals surface area contributed by atoms with Gasteiger partial charge in [0.2, 0.25) is 0 Å². The van der Waals surface area contributed by atoms with Gasteiger partial charge in [-0.05, 0) is 111 Å². The van der Waals surface area contributed by atoms with Gasteiger partial charge in [-0.15, -0.1) is 0 Å². The molecule has 4 saturated carbocycles. The highest BCUT2D eigenvalue weighted by Gasteiger charge is 2.65. The molecule has 0 aromatic carbocycles. The van der Waals surface area contributed by atoms with E-state index in [0.29, 0.717) is 35.5 Å². The molecule has 3 N–H and O–H groups in total. The van der Waals surface area contributed by atoms with Gasteiger partial charge in [0.25, 0.3) is 0 Å². The molecular formula is C25H42O4. The molecule has 4 aliphatic carbocycles. The van der Waals surface area contributed by atoms with Crippen LogP contribution in [0.25, 0.3) is 0 Å². The summed E-state index contributed by atoms with van der Waals surface area (Å²) in [5.74, 6) is 2.18. The maximum atomic E-state index is 11.7. The van der Waals surface area contributed by atoms with E-state index >= 15 is 0 Å². The first-order chi connectivity index (χ1) is 13.5. The molecule has 0 bridgehead atoms. The third-order valence-corrected chi connectivity index (χ3v) is 10.6. The number of aliphatic hydroxyl groups excluding tert-OH is 1. The van der Waals surface area contributed by atoms with Gasteiger partial charge in [-0.3, -0.25) is 4.79 Å². The third-order valence-electron chi connectivity index (χ3n) is 10.6. The zero-order chi connectivity index (χ0) is 21.2. The number of carbonyl (C=O) groups is 1. The van der Waals surface area contributed by atoms with Crippen LogP contribution in [-0.2, 0) is 4.79 Å². The van der Waals surface area contributed by atoms with Gasteiger partial charge in [-0.2, -0.15) is 0 Å². The molecule has 0 aromatic rings. The summed E-state index contributed by atoms with van der Waals surface area (Å²) in [5, 5.41) is 31.1. The lowest BCUT2D eigenvalue weighted by atomic mass is 9.41. The Balaban J connectivity index is 1.60. The topological polar surface area (TPSA) is 77.8 Å². The van der Waals surface area contributed by atoms with E-state index < -0.39 is 11.6 Å². The molecular weight excluding hydrogens is 364 g/mol. The van der Waals surface area contributed by atoms with Crippen molar-refractivity contribution in [2.45, 2.75) is 104 Å². The highest BCUT2D eigenvalue weighted by molar-refractivity contribution is 5.66. The highest BCUT2D eigenvalue weighted by Crippen LogP contribution is 2.70. The summed E-state index contributed by atoms with van der Waals surface area (Å²) >= 11 is 0. The molecule has 10 atom stereocenters. The van der Waals surface area contributed by atoms with Crippen molar-refractivity contribution in [2.24, 2.45) is 46.3 Å². The number of aliphatic hydroxyl groups is 2. The summed E-state index contributed by atoms with van der Waals surface area (Å²) in [7, 11) is 0. The first-order valence-corrected chi connectivity index (χ1v) is 12.1. The molecule has 0 saturated heterocycles. The van der Waals surface area contributed by atoms with Gasteiger partial charge in [-0.25, -0.2) is 0 Å². The number of carboxylic acid groups (broad SMARTS) is 1. The van der Waals surface area contributed by atoms with Crippen molar-refractivity contribution in [2.75, 3.05) is 0 Å². The Morgan fingerprint density at radius 1 is 1.03 bits per heavy atom. The zero-order valence-corrected chi connectivity index (χ0v) is 18.9. The van der Waals surface area contributed by atoms with Crippen molar-refractivity contribution in [3.63, 3.8) is 0 Å². The van der Waals surface area contributed by atoms with E-state index in [9.17, 15) is 15.0 Å². The van der Waals surface area contributed by atoms with Crippen molar-refractivity contribution in [3.05, 3.63) is 0 Å². The minimum absolute atomic E-state index is 0.194. The van der Waals surface area contributed by atoms with Crippen LogP contribution in [0, 0.1) is 46.3 Å². The van der Waals surface area contributed by atoms with Crippen LogP contribution in [0.5, 0.6) is 0 Å². The zero-order valence-electron chi connectivity index (χ0n) is 18.9. The summed E-state index contributed by atoms with van der Waals surface area (Å²) in [4.78, 5) is 11.1. The summed E-state index contributed by atoms with van der Waals surface area (Å²) in [6, 6.07) is 0. The Bertz CT molecular complexity index is 645. The molecule has 0 radical (unpaired) electrons. The van der Waals surface area contributed by atoms with Gasteiger partial charge in [0, 0.05) is 6.42 Å². The first-order valence-electron chi connectivity index (χ1n) is 12.1. The van der Waals surface area contributed by atoms with Gasteiger partial charge in [0.05, 0.1) is 11.7 Å². The predicted octanol–water partition coefficient (Wildman–Crippen LogP) is 4.87. The molecule has 0 aromatic heterocycles. The molecule has 4 rings (SSSR count). The standard InChI is InChI=1S/C25H42O4/c1-15(5-8-21(27)28)18-6-7-19-22-20(10-12-24(18,19)3)23(2)11-9-17(26)13-16(23)14-25(22,4)29/h15-20,22,26,29H,5-14H2,1-4H3,(H,27,28)/t15-,16?,17?,18-,19+,20+,22+,23+,24-,25?/m1/s1. The van der Waals surface area contributed by atoms with Crippen molar-refractivity contribution in [1.82, 2.24) is 0 Å². The van der Waals surface area contributed by atoms with Crippen LogP contribution >= 0.6 is 0 Å². The normalized spacial score (nSPS) is 52.9. The van der Waals surface area contributed by atoms with Gasteiger partial charge in [-0.1, -0.05) is 20.8 Å². The van der Waals surface area contributed by atoms with Crippen LogP contribution in [-0.4, -0.2) is 33.0 Å². The monoisotopic (exact) mass is 406 g/mol. The lowest BCUT2D eigenvalue weighted by Gasteiger charge is -2.65. The van der Waals surface area contributed by atoms with Crippen molar-refractivity contribution < 1.29 is 20.1 Å². The minimum Gasteiger partial charge on any atom is -0.481 e. The van der Waals surface area contributed by atoms with Gasteiger partial charge in [0.15, 0.2) is 0 Å². The second kappa shape index (κ2) is 7.22. The summed E-state index contributed by atoms with van der Waals surface area (Å²) < 4.78 is 0. The maximum Gasteiger partial charge on any atom is 0.303 e. The van der Waals surface area contributed by atoms with Crippen LogP contribution in [0.15, 0.2) is 0 Å². The van der Waals surface area contributed by atoms with E-state index in [4.69, 9.17) is 5.11 Å². The minimum atomic E-state index is -0.686. The molecule has 4 aliphatic rings. The quantitative estimate of drug-likeness (QED) is 0.622. The van der Waals surface area contributed by atoms with E-state index in [2.05, 4.69) is 27.7 Å². The fourth-order valence-electron chi connectivity index (χ4n) is 9.11. The lowest BCUT2D eigenvalue weighted by molar-refractivity contribution is -0.212. The number of hydrogen-bond acceptors (Lipinski definition) is 3. The smallest absolute Gasteiger partial charge is 0.303 e. The molecule has 4 nitrogen and oxygen atoms in total. The summed E-state index contributed by atoms with van der Waals surface area (Å²) in [6.07, 6.45) is 9.28. The van der Waals surface area contributed by atoms with Crippen LogP contribution in [0.3, 0.4) is 0 Å². The SMILES string of the molecule is C[C@H](CCC(=O)O)[C@H]1CC[C@H]2[C@H]3[C@H](CC[C@]12C)[C@@]1(C)CCC(O)CC1CC3(C)O.